The molecule has 1 aromatic heterocycles. The van der Waals surface area contributed by atoms with E-state index in [1.54, 1.807) is 7.11 Å². The average molecular weight is 397 g/mol. The fourth-order valence-electron chi connectivity index (χ4n) is 2.41. The van der Waals surface area contributed by atoms with Gasteiger partial charge in [-0.25, -0.2) is 0 Å². The summed E-state index contributed by atoms with van der Waals surface area (Å²) in [7, 11) is -2.21. The topological polar surface area (TPSA) is 60.7 Å². The van der Waals surface area contributed by atoms with E-state index < -0.39 is 10.0 Å². The molecule has 0 saturated carbocycles. The smallest absolute Gasteiger partial charge is 0.285 e. The van der Waals surface area contributed by atoms with Crippen LogP contribution < -0.4 is 4.80 Å². The first kappa shape index (κ1) is 18.1. The number of halogens is 1. The van der Waals surface area contributed by atoms with Crippen molar-refractivity contribution in [3.8, 4) is 0 Å². The molecule has 0 spiro atoms. The minimum atomic E-state index is -3.82. The van der Waals surface area contributed by atoms with E-state index in [0.717, 1.165) is 15.8 Å². The van der Waals surface area contributed by atoms with Crippen LogP contribution in [-0.2, 0) is 21.3 Å². The lowest BCUT2D eigenvalue weighted by Crippen LogP contribution is -2.19. The van der Waals surface area contributed by atoms with Crippen molar-refractivity contribution in [2.45, 2.75) is 18.4 Å². The lowest BCUT2D eigenvalue weighted by molar-refractivity contribution is 0.187. The summed E-state index contributed by atoms with van der Waals surface area (Å²) in [6.07, 6.45) is 0. The molecule has 25 heavy (non-hydrogen) atoms. The summed E-state index contributed by atoms with van der Waals surface area (Å²) < 4.78 is 37.3. The van der Waals surface area contributed by atoms with Crippen molar-refractivity contribution in [2.75, 3.05) is 13.7 Å². The Morgan fingerprint density at radius 2 is 1.92 bits per heavy atom. The van der Waals surface area contributed by atoms with Gasteiger partial charge in [-0.05, 0) is 48.9 Å². The zero-order valence-electron chi connectivity index (χ0n) is 13.8. The van der Waals surface area contributed by atoms with Gasteiger partial charge in [0.1, 0.15) is 0 Å². The zero-order chi connectivity index (χ0) is 18.0. The largest absolute Gasteiger partial charge is 0.383 e. The van der Waals surface area contributed by atoms with Crippen LogP contribution in [0.15, 0.2) is 51.8 Å². The molecule has 1 heterocycles. The number of sulfonamides is 1. The number of benzene rings is 2. The van der Waals surface area contributed by atoms with Gasteiger partial charge in [-0.3, -0.25) is 0 Å². The Kier molecular flexibility index (Phi) is 5.29. The number of aromatic nitrogens is 1. The first-order chi connectivity index (χ1) is 11.9. The van der Waals surface area contributed by atoms with Gasteiger partial charge in [0.2, 0.25) is 4.80 Å². The Morgan fingerprint density at radius 1 is 1.20 bits per heavy atom. The van der Waals surface area contributed by atoms with Gasteiger partial charge in [-0.15, -0.1) is 4.40 Å². The number of fused-ring (bicyclic) bond motifs is 1. The Bertz CT molecular complexity index is 1070. The first-order valence-corrected chi connectivity index (χ1v) is 10.2. The molecule has 132 valence electrons. The van der Waals surface area contributed by atoms with Crippen LogP contribution in [-0.4, -0.2) is 26.7 Å². The van der Waals surface area contributed by atoms with Gasteiger partial charge in [0, 0.05) is 18.7 Å². The van der Waals surface area contributed by atoms with E-state index in [1.165, 1.54) is 35.6 Å². The lowest BCUT2D eigenvalue weighted by Gasteiger charge is -2.05. The lowest BCUT2D eigenvalue weighted by atomic mass is 10.2. The Balaban J connectivity index is 2.18. The fourth-order valence-corrected chi connectivity index (χ4v) is 4.89. The summed E-state index contributed by atoms with van der Waals surface area (Å²) in [5.41, 5.74) is 2.05. The predicted molar refractivity (Wildman–Crippen MR) is 101 cm³/mol. The molecule has 0 saturated heterocycles. The molecule has 5 nitrogen and oxygen atoms in total. The minimum absolute atomic E-state index is 0.115. The van der Waals surface area contributed by atoms with Gasteiger partial charge in [-0.1, -0.05) is 29.0 Å². The summed E-state index contributed by atoms with van der Waals surface area (Å²) in [6, 6.07) is 12.0. The third-order valence-electron chi connectivity index (χ3n) is 3.67. The Labute approximate surface area is 155 Å². The molecule has 0 aliphatic heterocycles. The molecule has 0 N–H and O–H groups in total. The van der Waals surface area contributed by atoms with Gasteiger partial charge >= 0.3 is 0 Å². The molecule has 0 amide bonds. The van der Waals surface area contributed by atoms with Crippen molar-refractivity contribution < 1.29 is 13.2 Å². The maximum atomic E-state index is 12.6. The highest BCUT2D eigenvalue weighted by molar-refractivity contribution is 7.90. The van der Waals surface area contributed by atoms with Crippen molar-refractivity contribution in [1.82, 2.24) is 4.57 Å². The highest BCUT2D eigenvalue weighted by Gasteiger charge is 2.15. The highest BCUT2D eigenvalue weighted by atomic mass is 35.5. The third kappa shape index (κ3) is 3.95. The van der Waals surface area contributed by atoms with Crippen molar-refractivity contribution >= 4 is 43.2 Å². The predicted octanol–water partition coefficient (Wildman–Crippen LogP) is 3.60. The summed E-state index contributed by atoms with van der Waals surface area (Å²) >= 11 is 7.18. The second-order valence-electron chi connectivity index (χ2n) is 5.52. The molecular weight excluding hydrogens is 380 g/mol. The standard InChI is InChI=1S/C17H17ClN2O3S2/c1-12-3-8-15-16(11-12)24-17(20(15)9-10-23-2)19-25(21,22)14-6-4-13(18)5-7-14/h3-8,11H,9-10H2,1-2H3/b19-17-. The number of aryl methyl sites for hydroxylation is 1. The molecule has 3 rings (SSSR count). The van der Waals surface area contributed by atoms with Gasteiger partial charge < -0.3 is 9.30 Å². The summed E-state index contributed by atoms with van der Waals surface area (Å²) in [5.74, 6) is 0. The van der Waals surface area contributed by atoms with Crippen LogP contribution >= 0.6 is 22.9 Å². The van der Waals surface area contributed by atoms with Crippen molar-refractivity contribution in [3.63, 3.8) is 0 Å². The van der Waals surface area contributed by atoms with Crippen LogP contribution in [0.5, 0.6) is 0 Å². The maximum absolute atomic E-state index is 12.6. The molecule has 0 aliphatic carbocycles. The quantitative estimate of drug-likeness (QED) is 0.662. The molecule has 0 unspecified atom stereocenters. The maximum Gasteiger partial charge on any atom is 0.285 e. The van der Waals surface area contributed by atoms with Crippen LogP contribution in [0.1, 0.15) is 5.56 Å². The SMILES string of the molecule is COCCn1/c(=N/S(=O)(=O)c2ccc(Cl)cc2)sc2cc(C)ccc21. The van der Waals surface area contributed by atoms with Crippen molar-refractivity contribution in [2.24, 2.45) is 4.40 Å². The molecule has 0 aliphatic rings. The summed E-state index contributed by atoms with van der Waals surface area (Å²) in [6.45, 7) is 2.99. The van der Waals surface area contributed by atoms with Crippen molar-refractivity contribution in [1.29, 1.82) is 0 Å². The molecule has 0 bridgehead atoms. The zero-order valence-corrected chi connectivity index (χ0v) is 16.2. The molecule has 8 heteroatoms. The van der Waals surface area contributed by atoms with Crippen LogP contribution in [0.3, 0.4) is 0 Å². The monoisotopic (exact) mass is 396 g/mol. The van der Waals surface area contributed by atoms with Crippen molar-refractivity contribution in [3.05, 3.63) is 57.9 Å². The fraction of sp³-hybridized carbons (Fsp3) is 0.235. The third-order valence-corrected chi connectivity index (χ3v) is 6.36. The van der Waals surface area contributed by atoms with Crippen LogP contribution in [0, 0.1) is 6.92 Å². The number of thiazole rings is 1. The molecule has 2 aromatic carbocycles. The van der Waals surface area contributed by atoms with E-state index in [1.807, 2.05) is 29.7 Å². The second-order valence-corrected chi connectivity index (χ2v) is 8.57. The Hall–Kier alpha value is -1.67. The summed E-state index contributed by atoms with van der Waals surface area (Å²) in [4.78, 5) is 0.538. The van der Waals surface area contributed by atoms with E-state index in [9.17, 15) is 8.42 Å². The van der Waals surface area contributed by atoms with E-state index in [0.29, 0.717) is 23.0 Å². The number of rotatable bonds is 5. The van der Waals surface area contributed by atoms with E-state index in [2.05, 4.69) is 4.40 Å². The molecule has 0 radical (unpaired) electrons. The number of ether oxygens (including phenoxy) is 1. The number of nitrogens with zero attached hydrogens (tertiary/aromatic N) is 2. The van der Waals surface area contributed by atoms with E-state index >= 15 is 0 Å². The average Bonchev–Trinajstić information content (AvgIpc) is 2.88. The minimum Gasteiger partial charge on any atom is -0.383 e. The molecular formula is C17H17ClN2O3S2. The molecule has 0 fully saturated rings. The molecule has 0 atom stereocenters. The van der Waals surface area contributed by atoms with E-state index in [-0.39, 0.29) is 4.90 Å². The van der Waals surface area contributed by atoms with Crippen LogP contribution in [0.4, 0.5) is 0 Å². The normalized spacial score (nSPS) is 12.8. The van der Waals surface area contributed by atoms with Gasteiger partial charge in [0.05, 0.1) is 21.7 Å². The van der Waals surface area contributed by atoms with Gasteiger partial charge in [0.25, 0.3) is 10.0 Å². The summed E-state index contributed by atoms with van der Waals surface area (Å²) in [5, 5.41) is 0.478. The first-order valence-electron chi connectivity index (χ1n) is 7.56. The number of methoxy groups -OCH3 is 1. The van der Waals surface area contributed by atoms with E-state index in [4.69, 9.17) is 16.3 Å². The van der Waals surface area contributed by atoms with Gasteiger partial charge in [0.15, 0.2) is 0 Å². The number of hydrogen-bond acceptors (Lipinski definition) is 4. The highest BCUT2D eigenvalue weighted by Crippen LogP contribution is 2.20. The number of hydrogen-bond donors (Lipinski definition) is 0. The van der Waals surface area contributed by atoms with Crippen LogP contribution in [0.2, 0.25) is 5.02 Å². The van der Waals surface area contributed by atoms with Crippen LogP contribution in [0.25, 0.3) is 10.2 Å². The Morgan fingerprint density at radius 3 is 2.60 bits per heavy atom. The van der Waals surface area contributed by atoms with Gasteiger partial charge in [-0.2, -0.15) is 8.42 Å². The second kappa shape index (κ2) is 7.29. The molecule has 3 aromatic rings.